The molecule has 3 aromatic carbocycles. The fourth-order valence-corrected chi connectivity index (χ4v) is 6.08. The molecule has 0 aliphatic heterocycles. The van der Waals surface area contributed by atoms with E-state index in [4.69, 9.17) is 23.2 Å². The Morgan fingerprint density at radius 2 is 1.63 bits per heavy atom. The summed E-state index contributed by atoms with van der Waals surface area (Å²) < 4.78 is 54.5. The summed E-state index contributed by atoms with van der Waals surface area (Å²) in [6.45, 7) is 1.03. The number of benzene rings is 3. The number of anilines is 1. The van der Waals surface area contributed by atoms with Crippen LogP contribution in [0.1, 0.15) is 11.1 Å². The van der Waals surface area contributed by atoms with Crippen LogP contribution in [0.4, 0.5) is 5.69 Å². The van der Waals surface area contributed by atoms with Crippen molar-refractivity contribution in [2.75, 3.05) is 18.9 Å². The van der Waals surface area contributed by atoms with Gasteiger partial charge in [0.1, 0.15) is 4.90 Å². The van der Waals surface area contributed by atoms with Crippen LogP contribution >= 0.6 is 23.2 Å². The normalized spacial score (nSPS) is 12.0. The number of carbonyl (C=O) groups is 1. The molecule has 0 radical (unpaired) electrons. The van der Waals surface area contributed by atoms with Crippen molar-refractivity contribution in [3.8, 4) is 0 Å². The van der Waals surface area contributed by atoms with Crippen LogP contribution < -0.4 is 10.0 Å². The molecule has 186 valence electrons. The molecule has 0 spiro atoms. The zero-order valence-electron chi connectivity index (χ0n) is 18.8. The van der Waals surface area contributed by atoms with E-state index >= 15 is 0 Å². The summed E-state index contributed by atoms with van der Waals surface area (Å²) in [6, 6.07) is 17.1. The molecule has 0 bridgehead atoms. The molecule has 0 saturated heterocycles. The van der Waals surface area contributed by atoms with Gasteiger partial charge in [0.25, 0.3) is 0 Å². The molecule has 0 aliphatic carbocycles. The van der Waals surface area contributed by atoms with E-state index in [9.17, 15) is 21.6 Å². The summed E-state index contributed by atoms with van der Waals surface area (Å²) in [6.07, 6.45) is 0. The summed E-state index contributed by atoms with van der Waals surface area (Å²) in [4.78, 5) is 12.7. The second-order valence-electron chi connectivity index (χ2n) is 7.57. The van der Waals surface area contributed by atoms with Crippen molar-refractivity contribution >= 4 is 54.8 Å². The Hall–Kier alpha value is -2.47. The number of nitrogens with zero attached hydrogens (tertiary/aromatic N) is 1. The maximum Gasteiger partial charge on any atom is 0.245 e. The summed E-state index contributed by atoms with van der Waals surface area (Å²) in [5.41, 5.74) is 1.49. The molecule has 0 fully saturated rings. The minimum atomic E-state index is -4.24. The smallest absolute Gasteiger partial charge is 0.245 e. The van der Waals surface area contributed by atoms with Crippen LogP contribution in [0.25, 0.3) is 0 Å². The number of halogens is 2. The molecule has 3 aromatic rings. The molecule has 0 aliphatic rings. The van der Waals surface area contributed by atoms with Gasteiger partial charge in [-0.2, -0.15) is 4.31 Å². The molecule has 0 unspecified atom stereocenters. The van der Waals surface area contributed by atoms with E-state index in [1.54, 1.807) is 43.3 Å². The van der Waals surface area contributed by atoms with Gasteiger partial charge in [0.15, 0.2) is 0 Å². The zero-order chi connectivity index (χ0) is 25.8. The number of amides is 1. The van der Waals surface area contributed by atoms with Crippen molar-refractivity contribution in [3.05, 3.63) is 87.9 Å². The molecule has 3 rings (SSSR count). The molecule has 35 heavy (non-hydrogen) atoms. The molecule has 0 aromatic heterocycles. The van der Waals surface area contributed by atoms with Crippen LogP contribution in [0.5, 0.6) is 0 Å². The Balaban J connectivity index is 1.95. The van der Waals surface area contributed by atoms with Gasteiger partial charge in [0, 0.05) is 17.3 Å². The van der Waals surface area contributed by atoms with Crippen LogP contribution in [0.2, 0.25) is 10.0 Å². The second-order valence-corrected chi connectivity index (χ2v) is 12.2. The molecule has 0 heterocycles. The molecule has 0 atom stereocenters. The van der Waals surface area contributed by atoms with Gasteiger partial charge >= 0.3 is 0 Å². The summed E-state index contributed by atoms with van der Waals surface area (Å²) in [5, 5.41) is 2.76. The molecular formula is C23H23Cl2N3O5S2. The van der Waals surface area contributed by atoms with Crippen molar-refractivity contribution in [2.45, 2.75) is 23.3 Å². The minimum absolute atomic E-state index is 0.0336. The third kappa shape index (κ3) is 6.60. The van der Waals surface area contributed by atoms with Crippen LogP contribution in [0, 0.1) is 6.92 Å². The van der Waals surface area contributed by atoms with Crippen molar-refractivity contribution in [3.63, 3.8) is 0 Å². The second kappa shape index (κ2) is 11.1. The highest BCUT2D eigenvalue weighted by Crippen LogP contribution is 2.29. The maximum atomic E-state index is 13.5. The van der Waals surface area contributed by atoms with Gasteiger partial charge in [-0.05, 0) is 55.4 Å². The van der Waals surface area contributed by atoms with E-state index in [2.05, 4.69) is 10.0 Å². The van der Waals surface area contributed by atoms with Crippen LogP contribution in [-0.4, -0.2) is 40.6 Å². The Labute approximate surface area is 215 Å². The lowest BCUT2D eigenvalue weighted by Gasteiger charge is -2.23. The first-order valence-electron chi connectivity index (χ1n) is 10.3. The van der Waals surface area contributed by atoms with Gasteiger partial charge in [-0.25, -0.2) is 21.6 Å². The monoisotopic (exact) mass is 555 g/mol. The number of aryl methyl sites for hydroxylation is 1. The molecule has 2 N–H and O–H groups in total. The van der Waals surface area contributed by atoms with Crippen molar-refractivity contribution in [1.29, 1.82) is 0 Å². The van der Waals surface area contributed by atoms with Gasteiger partial charge in [-0.15, -0.1) is 0 Å². The number of carbonyl (C=O) groups excluding carboxylic acids is 1. The highest BCUT2D eigenvalue weighted by Gasteiger charge is 2.29. The van der Waals surface area contributed by atoms with E-state index in [0.717, 1.165) is 4.31 Å². The standard InChI is InChI=1S/C23H23Cl2N3O5S2/c1-16-8-10-19(34(30,31)26-2)13-21(16)27-23(29)15-28(14-17-6-4-3-5-7-17)35(32,33)22-12-18(24)9-11-20(22)25/h3-13,26H,14-15H2,1-2H3,(H,27,29). The summed E-state index contributed by atoms with van der Waals surface area (Å²) in [7, 11) is -6.70. The van der Waals surface area contributed by atoms with Gasteiger partial charge in [0.2, 0.25) is 26.0 Å². The fraction of sp³-hybridized carbons (Fsp3) is 0.174. The van der Waals surface area contributed by atoms with Crippen molar-refractivity contribution in [1.82, 2.24) is 9.03 Å². The van der Waals surface area contributed by atoms with Crippen LogP contribution in [0.3, 0.4) is 0 Å². The number of nitrogens with one attached hydrogen (secondary N) is 2. The first-order valence-corrected chi connectivity index (χ1v) is 13.9. The van der Waals surface area contributed by atoms with E-state index in [1.165, 1.54) is 37.4 Å². The molecule has 0 saturated carbocycles. The Morgan fingerprint density at radius 3 is 2.29 bits per heavy atom. The Kier molecular flexibility index (Phi) is 8.58. The average Bonchev–Trinajstić information content (AvgIpc) is 2.82. The molecular weight excluding hydrogens is 533 g/mol. The van der Waals surface area contributed by atoms with Crippen LogP contribution in [-0.2, 0) is 31.4 Å². The van der Waals surface area contributed by atoms with E-state index in [-0.39, 0.29) is 32.1 Å². The lowest BCUT2D eigenvalue weighted by atomic mass is 10.2. The van der Waals surface area contributed by atoms with E-state index < -0.39 is 32.5 Å². The largest absolute Gasteiger partial charge is 0.325 e. The predicted molar refractivity (Wildman–Crippen MR) is 137 cm³/mol. The molecule has 1 amide bonds. The first-order chi connectivity index (χ1) is 16.4. The van der Waals surface area contributed by atoms with E-state index in [1.807, 2.05) is 0 Å². The van der Waals surface area contributed by atoms with Gasteiger partial charge in [-0.3, -0.25) is 4.79 Å². The van der Waals surface area contributed by atoms with Gasteiger partial charge < -0.3 is 5.32 Å². The van der Waals surface area contributed by atoms with Gasteiger partial charge in [0.05, 0.1) is 16.5 Å². The quantitative estimate of drug-likeness (QED) is 0.413. The fourth-order valence-electron chi connectivity index (χ4n) is 3.20. The van der Waals surface area contributed by atoms with E-state index in [0.29, 0.717) is 11.1 Å². The first kappa shape index (κ1) is 27.1. The topological polar surface area (TPSA) is 113 Å². The molecule has 12 heteroatoms. The van der Waals surface area contributed by atoms with Crippen molar-refractivity contribution in [2.24, 2.45) is 0 Å². The number of hydrogen-bond acceptors (Lipinski definition) is 5. The van der Waals surface area contributed by atoms with Crippen LogP contribution in [0.15, 0.2) is 76.5 Å². The number of rotatable bonds is 9. The number of hydrogen-bond donors (Lipinski definition) is 2. The third-order valence-electron chi connectivity index (χ3n) is 5.09. The summed E-state index contributed by atoms with van der Waals surface area (Å²) >= 11 is 12.2. The highest BCUT2D eigenvalue weighted by molar-refractivity contribution is 7.89. The van der Waals surface area contributed by atoms with Crippen molar-refractivity contribution < 1.29 is 21.6 Å². The highest BCUT2D eigenvalue weighted by atomic mass is 35.5. The minimum Gasteiger partial charge on any atom is -0.325 e. The molecule has 8 nitrogen and oxygen atoms in total. The lowest BCUT2D eigenvalue weighted by Crippen LogP contribution is -2.37. The Bertz CT molecular complexity index is 1450. The van der Waals surface area contributed by atoms with Gasteiger partial charge in [-0.1, -0.05) is 59.6 Å². The predicted octanol–water partition coefficient (Wildman–Crippen LogP) is 4.04. The summed E-state index contributed by atoms with van der Waals surface area (Å²) in [5.74, 6) is -0.662. The zero-order valence-corrected chi connectivity index (χ0v) is 22.0. The average molecular weight is 556 g/mol. The lowest BCUT2D eigenvalue weighted by molar-refractivity contribution is -0.116. The SMILES string of the molecule is CNS(=O)(=O)c1ccc(C)c(NC(=O)CN(Cc2ccccc2)S(=O)(=O)c2cc(Cl)ccc2Cl)c1. The number of sulfonamides is 2. The maximum absolute atomic E-state index is 13.5. The Morgan fingerprint density at radius 1 is 0.943 bits per heavy atom. The third-order valence-corrected chi connectivity index (χ3v) is 9.02.